The first-order valence-electron chi connectivity index (χ1n) is 13.0. The lowest BCUT2D eigenvalue weighted by molar-refractivity contribution is 0.104. The lowest BCUT2D eigenvalue weighted by Gasteiger charge is -2.24. The number of rotatable bonds is 14. The first-order valence-corrected chi connectivity index (χ1v) is 13.0. The Labute approximate surface area is 211 Å². The van der Waals surface area contributed by atoms with Crippen LogP contribution in [-0.2, 0) is 12.8 Å². The van der Waals surface area contributed by atoms with E-state index >= 15 is 0 Å². The van der Waals surface area contributed by atoms with Crippen LogP contribution < -0.4 is 5.32 Å². The van der Waals surface area contributed by atoms with E-state index in [-0.39, 0.29) is 6.10 Å². The van der Waals surface area contributed by atoms with E-state index in [1.54, 1.807) is 6.33 Å². The van der Waals surface area contributed by atoms with Gasteiger partial charge in [-0.25, -0.2) is 9.97 Å². The molecule has 3 rings (SSSR count). The minimum Gasteiger partial charge on any atom is -0.392 e. The molecule has 0 saturated carbocycles. The fourth-order valence-corrected chi connectivity index (χ4v) is 4.62. The average molecular weight is 475 g/mol. The molecular weight excluding hydrogens is 432 g/mol. The molecule has 3 aromatic rings. The Hall–Kier alpha value is -2.76. The maximum absolute atomic E-state index is 10.8. The quantitative estimate of drug-likeness (QED) is 0.288. The fourth-order valence-electron chi connectivity index (χ4n) is 4.62. The monoisotopic (exact) mass is 474 g/mol. The Bertz CT molecular complexity index is 1110. The predicted molar refractivity (Wildman–Crippen MR) is 148 cm³/mol. The third kappa shape index (κ3) is 8.15. The smallest absolute Gasteiger partial charge is 0.116 e. The molecule has 2 N–H and O–H groups in total. The van der Waals surface area contributed by atoms with E-state index in [1.807, 2.05) is 13.0 Å². The largest absolute Gasteiger partial charge is 0.392 e. The molecule has 0 spiro atoms. The average Bonchev–Trinajstić information content (AvgIpc) is 2.81. The number of nitrogens with one attached hydrogen (secondary N) is 1. The first-order chi connectivity index (χ1) is 16.9. The van der Waals surface area contributed by atoms with Crippen LogP contribution in [0.2, 0.25) is 0 Å². The first kappa shape index (κ1) is 26.8. The highest BCUT2D eigenvalue weighted by Gasteiger charge is 2.14. The van der Waals surface area contributed by atoms with Crippen LogP contribution in [0.15, 0.2) is 55.0 Å². The SMILES string of the molecule is C=C(C)Nc1cccc(Cc2ncnc3cc(C)c(CC[C@@H](O)CN(CCC)CCCC)cc23)c1. The summed E-state index contributed by atoms with van der Waals surface area (Å²) in [4.78, 5) is 11.6. The maximum Gasteiger partial charge on any atom is 0.116 e. The highest BCUT2D eigenvalue weighted by atomic mass is 16.3. The molecule has 0 amide bonds. The third-order valence-corrected chi connectivity index (χ3v) is 6.42. The number of nitrogens with zero attached hydrogens (tertiary/aromatic N) is 3. The van der Waals surface area contributed by atoms with Crippen molar-refractivity contribution in [3.8, 4) is 0 Å². The van der Waals surface area contributed by atoms with Gasteiger partial charge in [-0.15, -0.1) is 0 Å². The second-order valence-corrected chi connectivity index (χ2v) is 9.75. The Morgan fingerprint density at radius 3 is 2.69 bits per heavy atom. The maximum atomic E-state index is 10.8. The number of aromatic nitrogens is 2. The number of unbranched alkanes of at least 4 members (excludes halogenated alkanes) is 1. The summed E-state index contributed by atoms with van der Waals surface area (Å²) in [5, 5.41) is 15.2. The van der Waals surface area contributed by atoms with E-state index in [0.29, 0.717) is 0 Å². The van der Waals surface area contributed by atoms with E-state index < -0.39 is 0 Å². The molecule has 2 aromatic carbocycles. The molecule has 0 radical (unpaired) electrons. The van der Waals surface area contributed by atoms with Gasteiger partial charge in [0, 0.05) is 29.7 Å². The highest BCUT2D eigenvalue weighted by molar-refractivity contribution is 5.82. The Kier molecular flexibility index (Phi) is 10.2. The zero-order chi connectivity index (χ0) is 25.2. The molecule has 0 fully saturated rings. The minimum atomic E-state index is -0.316. The summed E-state index contributed by atoms with van der Waals surface area (Å²) in [6.07, 6.45) is 7.18. The van der Waals surface area contributed by atoms with Crippen molar-refractivity contribution in [1.29, 1.82) is 0 Å². The van der Waals surface area contributed by atoms with Crippen LogP contribution in [0.5, 0.6) is 0 Å². The van der Waals surface area contributed by atoms with Crippen LogP contribution in [0, 0.1) is 6.92 Å². The van der Waals surface area contributed by atoms with E-state index in [4.69, 9.17) is 0 Å². The minimum absolute atomic E-state index is 0.316. The van der Waals surface area contributed by atoms with E-state index in [2.05, 4.69) is 77.9 Å². The van der Waals surface area contributed by atoms with Gasteiger partial charge in [0.15, 0.2) is 0 Å². The highest BCUT2D eigenvalue weighted by Crippen LogP contribution is 2.24. The number of benzene rings is 2. The lowest BCUT2D eigenvalue weighted by atomic mass is 9.97. The van der Waals surface area contributed by atoms with Crippen LogP contribution in [0.4, 0.5) is 5.69 Å². The molecule has 0 unspecified atom stereocenters. The predicted octanol–water partition coefficient (Wildman–Crippen LogP) is 6.28. The standard InChI is InChI=1S/C30H42N4O/c1-6-8-15-34(14-7-2)20-27(35)13-12-25-19-28-29(16-23(25)5)31-21-32-30(28)18-24-10-9-11-26(17-24)33-22(3)4/h9-11,16-17,19,21,27,33,35H,3,6-8,12-15,18,20H2,1-2,4-5H3/t27-/m1/s1. The number of hydrogen-bond donors (Lipinski definition) is 2. The summed E-state index contributed by atoms with van der Waals surface area (Å²) in [6.45, 7) is 15.3. The number of allylic oxidation sites excluding steroid dienone is 1. The van der Waals surface area contributed by atoms with Crippen molar-refractivity contribution < 1.29 is 5.11 Å². The van der Waals surface area contributed by atoms with Crippen molar-refractivity contribution in [3.63, 3.8) is 0 Å². The number of aliphatic hydroxyl groups is 1. The summed E-state index contributed by atoms with van der Waals surface area (Å²) < 4.78 is 0. The van der Waals surface area contributed by atoms with Gasteiger partial charge in [0.25, 0.3) is 0 Å². The van der Waals surface area contributed by atoms with Crippen molar-refractivity contribution in [1.82, 2.24) is 14.9 Å². The van der Waals surface area contributed by atoms with Crippen molar-refractivity contribution >= 4 is 16.6 Å². The molecule has 188 valence electrons. The molecule has 1 heterocycles. The second kappa shape index (κ2) is 13.4. The second-order valence-electron chi connectivity index (χ2n) is 9.75. The lowest BCUT2D eigenvalue weighted by Crippen LogP contribution is -2.34. The zero-order valence-electron chi connectivity index (χ0n) is 22.0. The number of hydrogen-bond acceptors (Lipinski definition) is 5. The number of aliphatic hydroxyl groups excluding tert-OH is 1. The van der Waals surface area contributed by atoms with Crippen molar-refractivity contribution in [2.24, 2.45) is 0 Å². The van der Waals surface area contributed by atoms with Gasteiger partial charge in [-0.3, -0.25) is 0 Å². The topological polar surface area (TPSA) is 61.3 Å². The number of fused-ring (bicyclic) bond motifs is 1. The molecule has 35 heavy (non-hydrogen) atoms. The van der Waals surface area contributed by atoms with Crippen LogP contribution in [-0.4, -0.2) is 45.7 Å². The summed E-state index contributed by atoms with van der Waals surface area (Å²) in [5.74, 6) is 0. The van der Waals surface area contributed by atoms with Gasteiger partial charge in [0.2, 0.25) is 0 Å². The van der Waals surface area contributed by atoms with Crippen molar-refractivity contribution in [3.05, 3.63) is 77.4 Å². The molecule has 0 saturated heterocycles. The van der Waals surface area contributed by atoms with Gasteiger partial charge in [0.1, 0.15) is 6.33 Å². The van der Waals surface area contributed by atoms with Crippen LogP contribution in [0.1, 0.15) is 68.8 Å². The molecule has 5 nitrogen and oxygen atoms in total. The van der Waals surface area contributed by atoms with E-state index in [9.17, 15) is 5.11 Å². The van der Waals surface area contributed by atoms with Gasteiger partial charge >= 0.3 is 0 Å². The van der Waals surface area contributed by atoms with Gasteiger partial charge < -0.3 is 15.3 Å². The van der Waals surface area contributed by atoms with E-state index in [1.165, 1.54) is 29.5 Å². The Balaban J connectivity index is 1.75. The Morgan fingerprint density at radius 1 is 1.11 bits per heavy atom. The summed E-state index contributed by atoms with van der Waals surface area (Å²) in [6, 6.07) is 12.8. The Morgan fingerprint density at radius 2 is 1.94 bits per heavy atom. The molecule has 0 aliphatic carbocycles. The molecule has 0 bridgehead atoms. The number of anilines is 1. The van der Waals surface area contributed by atoms with Gasteiger partial charge in [-0.1, -0.05) is 39.0 Å². The summed E-state index contributed by atoms with van der Waals surface area (Å²) >= 11 is 0. The third-order valence-electron chi connectivity index (χ3n) is 6.42. The van der Waals surface area contributed by atoms with Gasteiger partial charge in [-0.05, 0) is 93.6 Å². The van der Waals surface area contributed by atoms with Crippen molar-refractivity contribution in [2.75, 3.05) is 25.0 Å². The van der Waals surface area contributed by atoms with Crippen LogP contribution >= 0.6 is 0 Å². The molecule has 0 aliphatic heterocycles. The fraction of sp³-hybridized carbons (Fsp3) is 0.467. The summed E-state index contributed by atoms with van der Waals surface area (Å²) in [5.41, 5.74) is 7.63. The van der Waals surface area contributed by atoms with E-state index in [0.717, 1.165) is 73.3 Å². The number of aryl methyl sites for hydroxylation is 2. The van der Waals surface area contributed by atoms with Crippen LogP contribution in [0.3, 0.4) is 0 Å². The molecular formula is C30H42N4O. The molecule has 1 aromatic heterocycles. The van der Waals surface area contributed by atoms with Crippen molar-refractivity contribution in [2.45, 2.75) is 72.3 Å². The van der Waals surface area contributed by atoms with Gasteiger partial charge in [0.05, 0.1) is 17.3 Å². The molecule has 5 heteroatoms. The normalized spacial score (nSPS) is 12.3. The van der Waals surface area contributed by atoms with Gasteiger partial charge in [-0.2, -0.15) is 0 Å². The zero-order valence-corrected chi connectivity index (χ0v) is 22.0. The van der Waals surface area contributed by atoms with Crippen LogP contribution in [0.25, 0.3) is 10.9 Å². The molecule has 1 atom stereocenters. The summed E-state index contributed by atoms with van der Waals surface area (Å²) in [7, 11) is 0. The molecule has 0 aliphatic rings.